The minimum Gasteiger partial charge on any atom is -0.438 e. The lowest BCUT2D eigenvalue weighted by molar-refractivity contribution is 0.0996. The Balaban J connectivity index is 2.29. The van der Waals surface area contributed by atoms with E-state index in [1.54, 1.807) is 13.0 Å². The molecule has 0 aliphatic rings. The fourth-order valence-electron chi connectivity index (χ4n) is 1.65. The van der Waals surface area contributed by atoms with E-state index in [0.29, 0.717) is 0 Å². The number of nitrogens with zero attached hydrogens (tertiary/aromatic N) is 2. The average molecular weight is 310 g/mol. The van der Waals surface area contributed by atoms with E-state index in [9.17, 15) is 14.0 Å². The highest BCUT2D eigenvalue weighted by Gasteiger charge is 2.16. The van der Waals surface area contributed by atoms with Gasteiger partial charge in [0.2, 0.25) is 5.22 Å². The molecule has 0 bridgehead atoms. The summed E-state index contributed by atoms with van der Waals surface area (Å²) in [5.74, 6) is -1.88. The maximum Gasteiger partial charge on any atom is 0.291 e. The number of nitrogens with one attached hydrogen (secondary N) is 1. The molecule has 0 saturated carbocycles. The van der Waals surface area contributed by atoms with Crippen LogP contribution < -0.4 is 10.9 Å². The van der Waals surface area contributed by atoms with Gasteiger partial charge in [0.25, 0.3) is 11.5 Å². The molecule has 108 valence electrons. The second-order valence-electron chi connectivity index (χ2n) is 4.03. The normalized spacial score (nSPS) is 10.2. The SMILES string of the molecule is CCn1cc(NC(=O)c2cc(C#N)c(Cl)o2)cc(F)c1=O. The number of hydrogen-bond donors (Lipinski definition) is 1. The van der Waals surface area contributed by atoms with Gasteiger partial charge in [0, 0.05) is 24.9 Å². The fraction of sp³-hybridized carbons (Fsp3) is 0.154. The lowest BCUT2D eigenvalue weighted by atomic mass is 10.3. The largest absolute Gasteiger partial charge is 0.438 e. The molecule has 2 rings (SSSR count). The second kappa shape index (κ2) is 5.81. The zero-order valence-electron chi connectivity index (χ0n) is 10.8. The Morgan fingerprint density at radius 2 is 2.29 bits per heavy atom. The van der Waals surface area contributed by atoms with Gasteiger partial charge in [0.1, 0.15) is 11.6 Å². The van der Waals surface area contributed by atoms with Crippen molar-refractivity contribution in [1.29, 1.82) is 5.26 Å². The molecule has 0 unspecified atom stereocenters. The van der Waals surface area contributed by atoms with Crippen LogP contribution >= 0.6 is 11.6 Å². The lowest BCUT2D eigenvalue weighted by Gasteiger charge is -2.07. The summed E-state index contributed by atoms with van der Waals surface area (Å²) in [5, 5.41) is 10.9. The van der Waals surface area contributed by atoms with Gasteiger partial charge in [-0.15, -0.1) is 0 Å². The van der Waals surface area contributed by atoms with Crippen LogP contribution in [0.1, 0.15) is 23.0 Å². The minimum atomic E-state index is -0.982. The van der Waals surface area contributed by atoms with Gasteiger partial charge >= 0.3 is 0 Å². The highest BCUT2D eigenvalue weighted by atomic mass is 35.5. The molecule has 2 aromatic rings. The molecule has 2 heterocycles. The van der Waals surface area contributed by atoms with Crippen molar-refractivity contribution in [3.63, 3.8) is 0 Å². The molecule has 0 radical (unpaired) electrons. The first-order valence-electron chi connectivity index (χ1n) is 5.87. The van der Waals surface area contributed by atoms with Gasteiger partial charge in [-0.2, -0.15) is 5.26 Å². The number of rotatable bonds is 3. The van der Waals surface area contributed by atoms with Crippen LogP contribution in [-0.4, -0.2) is 10.5 Å². The van der Waals surface area contributed by atoms with Crippen molar-refractivity contribution in [3.8, 4) is 6.07 Å². The van der Waals surface area contributed by atoms with E-state index in [1.807, 2.05) is 0 Å². The zero-order chi connectivity index (χ0) is 15.6. The maximum atomic E-state index is 13.4. The minimum absolute atomic E-state index is 0.0199. The monoisotopic (exact) mass is 309 g/mol. The van der Waals surface area contributed by atoms with Crippen LogP contribution in [0.2, 0.25) is 5.22 Å². The van der Waals surface area contributed by atoms with Gasteiger partial charge in [0.15, 0.2) is 11.6 Å². The van der Waals surface area contributed by atoms with E-state index in [-0.39, 0.29) is 28.8 Å². The molecule has 1 amide bonds. The van der Waals surface area contributed by atoms with E-state index in [4.69, 9.17) is 21.3 Å². The molecule has 21 heavy (non-hydrogen) atoms. The topological polar surface area (TPSA) is 88.0 Å². The summed E-state index contributed by atoms with van der Waals surface area (Å²) in [5.41, 5.74) is -0.667. The predicted octanol–water partition coefficient (Wildman–Crippen LogP) is 2.38. The Morgan fingerprint density at radius 1 is 1.57 bits per heavy atom. The Morgan fingerprint density at radius 3 is 2.86 bits per heavy atom. The van der Waals surface area contributed by atoms with Crippen LogP contribution in [0.3, 0.4) is 0 Å². The number of nitriles is 1. The number of pyridine rings is 1. The van der Waals surface area contributed by atoms with Crippen LogP contribution in [0.5, 0.6) is 0 Å². The molecule has 0 saturated heterocycles. The molecular weight excluding hydrogens is 301 g/mol. The lowest BCUT2D eigenvalue weighted by Crippen LogP contribution is -2.23. The Hall–Kier alpha value is -2.59. The Kier molecular flexibility index (Phi) is 4.10. The zero-order valence-corrected chi connectivity index (χ0v) is 11.6. The van der Waals surface area contributed by atoms with Gasteiger partial charge < -0.3 is 14.3 Å². The van der Waals surface area contributed by atoms with Crippen LogP contribution in [0.15, 0.2) is 27.5 Å². The predicted molar refractivity (Wildman–Crippen MR) is 72.7 cm³/mol. The summed E-state index contributed by atoms with van der Waals surface area (Å²) in [6.07, 6.45) is 1.30. The Labute approximate surface area is 123 Å². The third-order valence-corrected chi connectivity index (χ3v) is 2.95. The van der Waals surface area contributed by atoms with Gasteiger partial charge in [0.05, 0.1) is 5.69 Å². The van der Waals surface area contributed by atoms with Crippen molar-refractivity contribution in [1.82, 2.24) is 4.57 Å². The van der Waals surface area contributed by atoms with E-state index in [0.717, 1.165) is 10.6 Å². The average Bonchev–Trinajstić information content (AvgIpc) is 2.83. The number of carbonyl (C=O) groups is 1. The smallest absolute Gasteiger partial charge is 0.291 e. The highest BCUT2D eigenvalue weighted by molar-refractivity contribution is 6.30. The van der Waals surface area contributed by atoms with E-state index in [1.165, 1.54) is 12.3 Å². The molecule has 0 atom stereocenters. The molecule has 0 aliphatic carbocycles. The first-order valence-corrected chi connectivity index (χ1v) is 6.24. The number of aromatic nitrogens is 1. The summed E-state index contributed by atoms with van der Waals surface area (Å²) < 4.78 is 19.5. The van der Waals surface area contributed by atoms with Crippen molar-refractivity contribution < 1.29 is 13.6 Å². The van der Waals surface area contributed by atoms with Crippen LogP contribution in [0, 0.1) is 17.1 Å². The summed E-state index contributed by atoms with van der Waals surface area (Å²) >= 11 is 5.61. The number of amides is 1. The molecule has 0 aliphatic heterocycles. The molecule has 8 heteroatoms. The van der Waals surface area contributed by atoms with Gasteiger partial charge in [-0.1, -0.05) is 0 Å². The number of carbonyl (C=O) groups excluding carboxylic acids is 1. The molecule has 0 aromatic carbocycles. The fourth-order valence-corrected chi connectivity index (χ4v) is 1.83. The second-order valence-corrected chi connectivity index (χ2v) is 4.38. The number of furan rings is 1. The van der Waals surface area contributed by atoms with Crippen molar-refractivity contribution >= 4 is 23.2 Å². The standard InChI is InChI=1S/C13H9ClFN3O3/c1-2-18-6-8(4-9(15)13(18)20)17-12(19)10-3-7(5-16)11(14)21-10/h3-4,6H,2H2,1H3,(H,17,19). The molecule has 6 nitrogen and oxygen atoms in total. The molecule has 0 fully saturated rings. The molecule has 1 N–H and O–H groups in total. The molecule has 2 aromatic heterocycles. The van der Waals surface area contributed by atoms with Crippen LogP contribution in [0.4, 0.5) is 10.1 Å². The Bertz CT molecular complexity index is 804. The number of anilines is 1. The van der Waals surface area contributed by atoms with E-state index < -0.39 is 17.3 Å². The highest BCUT2D eigenvalue weighted by Crippen LogP contribution is 2.21. The summed E-state index contributed by atoms with van der Waals surface area (Å²) in [6.45, 7) is 1.92. The molecule has 0 spiro atoms. The quantitative estimate of drug-likeness (QED) is 0.942. The number of halogens is 2. The third-order valence-electron chi connectivity index (χ3n) is 2.67. The number of aryl methyl sites for hydroxylation is 1. The summed E-state index contributed by atoms with van der Waals surface area (Å²) in [7, 11) is 0. The first kappa shape index (κ1) is 14.8. The molecular formula is C13H9ClFN3O3. The maximum absolute atomic E-state index is 13.4. The summed E-state index contributed by atoms with van der Waals surface area (Å²) in [6, 6.07) is 3.83. The van der Waals surface area contributed by atoms with Crippen molar-refractivity contribution in [3.05, 3.63) is 51.0 Å². The van der Waals surface area contributed by atoms with Gasteiger partial charge in [-0.05, 0) is 18.5 Å². The van der Waals surface area contributed by atoms with Gasteiger partial charge in [-0.3, -0.25) is 9.59 Å². The van der Waals surface area contributed by atoms with E-state index in [2.05, 4.69) is 5.32 Å². The van der Waals surface area contributed by atoms with Crippen molar-refractivity contribution in [2.75, 3.05) is 5.32 Å². The third kappa shape index (κ3) is 2.95. The summed E-state index contributed by atoms with van der Waals surface area (Å²) in [4.78, 5) is 23.3. The number of hydrogen-bond acceptors (Lipinski definition) is 4. The van der Waals surface area contributed by atoms with Crippen molar-refractivity contribution in [2.45, 2.75) is 13.5 Å². The van der Waals surface area contributed by atoms with Gasteiger partial charge in [-0.25, -0.2) is 4.39 Å². The van der Waals surface area contributed by atoms with Crippen molar-refractivity contribution in [2.24, 2.45) is 0 Å². The first-order chi connectivity index (χ1) is 9.96. The van der Waals surface area contributed by atoms with Crippen LogP contribution in [0.25, 0.3) is 0 Å². The van der Waals surface area contributed by atoms with E-state index >= 15 is 0 Å². The van der Waals surface area contributed by atoms with Crippen LogP contribution in [-0.2, 0) is 6.54 Å².